The molecule has 0 aliphatic carbocycles. The minimum atomic E-state index is -0.106. The first-order valence-electron chi connectivity index (χ1n) is 11.0. The molecule has 2 aliphatic rings. The molecule has 0 radical (unpaired) electrons. The predicted octanol–water partition coefficient (Wildman–Crippen LogP) is 8.39. The molecule has 6 rings (SSSR count). The summed E-state index contributed by atoms with van der Waals surface area (Å²) < 4.78 is 21.2. The standard InChI is InChI=1S/2C14H11O2S.2ClH.Pd/c2*1-2-4-12(5-3-1)17-9-11-6-7-13-14(8-11)16-10-15-13;;;/h2*1-5,7-8H,9-10H2;2*1H;/q2*-1;;;+2/p-2. The molecule has 0 saturated carbocycles. The minimum Gasteiger partial charge on any atom is -0.516 e. The maximum atomic E-state index is 5.34. The van der Waals surface area contributed by atoms with Crippen LogP contribution in [0.5, 0.6) is 23.0 Å². The van der Waals surface area contributed by atoms with Crippen molar-refractivity contribution in [1.29, 1.82) is 0 Å². The smallest absolute Gasteiger partial charge is 0.215 e. The van der Waals surface area contributed by atoms with E-state index in [1.807, 2.05) is 60.7 Å². The summed E-state index contributed by atoms with van der Waals surface area (Å²) in [5.74, 6) is 5.01. The Labute approximate surface area is 242 Å². The van der Waals surface area contributed by atoms with Crippen LogP contribution >= 0.6 is 42.6 Å². The molecule has 0 amide bonds. The molecule has 0 spiro atoms. The SMILES string of the molecule is [Cl][Pd][Cl].[c-]1cc2c(cc1CSc1ccccc1)OCO2.[c-]1cc2c(cc1CSc1ccccc1)OCO2. The first-order chi connectivity index (χ1) is 18.2. The second-order valence-electron chi connectivity index (χ2n) is 7.44. The van der Waals surface area contributed by atoms with Gasteiger partial charge in [-0.2, -0.15) is 12.1 Å². The average molecular weight is 664 g/mol. The molecule has 0 saturated heterocycles. The van der Waals surface area contributed by atoms with Crippen LogP contribution in [0, 0.1) is 12.1 Å². The largest absolute Gasteiger partial charge is 0.516 e. The van der Waals surface area contributed by atoms with Gasteiger partial charge in [0.05, 0.1) is 23.0 Å². The minimum absolute atomic E-state index is 0.106. The monoisotopic (exact) mass is 662 g/mol. The Morgan fingerprint density at radius 3 is 1.41 bits per heavy atom. The van der Waals surface area contributed by atoms with E-state index < -0.39 is 0 Å². The van der Waals surface area contributed by atoms with Gasteiger partial charge in [0.15, 0.2) is 0 Å². The summed E-state index contributed by atoms with van der Waals surface area (Å²) in [6.07, 6.45) is 0. The number of rotatable bonds is 6. The van der Waals surface area contributed by atoms with E-state index in [0.717, 1.165) is 45.6 Å². The zero-order chi connectivity index (χ0) is 25.7. The Morgan fingerprint density at radius 2 is 1.00 bits per heavy atom. The first kappa shape index (κ1) is 28.0. The molecule has 0 bridgehead atoms. The van der Waals surface area contributed by atoms with E-state index in [9.17, 15) is 0 Å². The maximum absolute atomic E-state index is 5.34. The predicted molar refractivity (Wildman–Crippen MR) is 147 cm³/mol. The number of hydrogen-bond acceptors (Lipinski definition) is 6. The third-order valence-corrected chi connectivity index (χ3v) is 7.13. The van der Waals surface area contributed by atoms with Gasteiger partial charge in [0, 0.05) is 21.3 Å². The fourth-order valence-corrected chi connectivity index (χ4v) is 4.96. The van der Waals surface area contributed by atoms with Crippen molar-refractivity contribution in [2.75, 3.05) is 13.6 Å². The maximum Gasteiger partial charge on any atom is 0.215 e. The van der Waals surface area contributed by atoms with Crippen LogP contribution in [0.1, 0.15) is 11.1 Å². The van der Waals surface area contributed by atoms with Crippen LogP contribution in [-0.2, 0) is 27.4 Å². The molecule has 0 aromatic heterocycles. The number of fused-ring (bicyclic) bond motifs is 2. The quantitative estimate of drug-likeness (QED) is 0.117. The number of thioether (sulfide) groups is 2. The molecule has 2 heterocycles. The molecular formula is C28H22Cl2O4PdS2-2. The van der Waals surface area contributed by atoms with Crippen molar-refractivity contribution in [3.8, 4) is 23.0 Å². The van der Waals surface area contributed by atoms with Gasteiger partial charge in [0.1, 0.15) is 0 Å². The molecule has 9 heteroatoms. The van der Waals surface area contributed by atoms with Crippen LogP contribution in [0.4, 0.5) is 0 Å². The molecule has 0 atom stereocenters. The molecule has 4 nitrogen and oxygen atoms in total. The van der Waals surface area contributed by atoms with Crippen molar-refractivity contribution in [2.24, 2.45) is 0 Å². The summed E-state index contributed by atoms with van der Waals surface area (Å²) in [5.41, 5.74) is 2.26. The van der Waals surface area contributed by atoms with Crippen LogP contribution in [0.15, 0.2) is 94.7 Å². The third-order valence-electron chi connectivity index (χ3n) is 5.01. The van der Waals surface area contributed by atoms with Gasteiger partial charge in [-0.3, -0.25) is 0 Å². The number of benzene rings is 4. The summed E-state index contributed by atoms with van der Waals surface area (Å²) >= 11 is 3.48. The van der Waals surface area contributed by atoms with Gasteiger partial charge < -0.3 is 18.9 Å². The third kappa shape index (κ3) is 9.07. The van der Waals surface area contributed by atoms with Gasteiger partial charge in [-0.05, 0) is 24.3 Å². The second-order valence-corrected chi connectivity index (χ2v) is 11.9. The summed E-state index contributed by atoms with van der Waals surface area (Å²) in [6, 6.07) is 34.8. The van der Waals surface area contributed by atoms with Crippen molar-refractivity contribution in [1.82, 2.24) is 0 Å². The second kappa shape index (κ2) is 15.4. The topological polar surface area (TPSA) is 36.9 Å². The van der Waals surface area contributed by atoms with Gasteiger partial charge in [0.25, 0.3) is 0 Å². The Balaban J connectivity index is 0.000000157. The first-order valence-corrected chi connectivity index (χ1v) is 17.0. The average Bonchev–Trinajstić information content (AvgIpc) is 3.62. The summed E-state index contributed by atoms with van der Waals surface area (Å²) in [7, 11) is 9.63. The van der Waals surface area contributed by atoms with Gasteiger partial charge in [-0.1, -0.05) is 36.4 Å². The van der Waals surface area contributed by atoms with E-state index in [4.69, 9.17) is 38.0 Å². The van der Waals surface area contributed by atoms with E-state index in [-0.39, 0.29) is 15.9 Å². The summed E-state index contributed by atoms with van der Waals surface area (Å²) in [5, 5.41) is 0. The van der Waals surface area contributed by atoms with Gasteiger partial charge in [-0.15, -0.1) is 58.9 Å². The van der Waals surface area contributed by atoms with Crippen LogP contribution in [-0.4, -0.2) is 13.6 Å². The van der Waals surface area contributed by atoms with Crippen LogP contribution in [0.2, 0.25) is 0 Å². The Bertz CT molecular complexity index is 1150. The molecular weight excluding hydrogens is 642 g/mol. The van der Waals surface area contributed by atoms with Crippen molar-refractivity contribution in [3.63, 3.8) is 0 Å². The molecule has 0 N–H and O–H groups in total. The fraction of sp³-hybridized carbons (Fsp3) is 0.143. The Kier molecular flexibility index (Phi) is 11.7. The van der Waals surface area contributed by atoms with Crippen molar-refractivity contribution in [3.05, 3.63) is 108 Å². The molecule has 4 aromatic carbocycles. The van der Waals surface area contributed by atoms with Crippen molar-refractivity contribution in [2.45, 2.75) is 21.3 Å². The van der Waals surface area contributed by atoms with Crippen LogP contribution < -0.4 is 18.9 Å². The van der Waals surface area contributed by atoms with E-state index in [1.165, 1.54) is 9.79 Å². The normalized spacial score (nSPS) is 12.3. The zero-order valence-corrected chi connectivity index (χ0v) is 24.1. The summed E-state index contributed by atoms with van der Waals surface area (Å²) in [6.45, 7) is 0.636. The number of hydrogen-bond donors (Lipinski definition) is 0. The van der Waals surface area contributed by atoms with Gasteiger partial charge in [-0.25, -0.2) is 0 Å². The van der Waals surface area contributed by atoms with Gasteiger partial charge >= 0.3 is 35.0 Å². The van der Waals surface area contributed by atoms with E-state index >= 15 is 0 Å². The summed E-state index contributed by atoms with van der Waals surface area (Å²) in [4.78, 5) is 2.53. The van der Waals surface area contributed by atoms with Crippen LogP contribution in [0.25, 0.3) is 0 Å². The molecule has 196 valence electrons. The van der Waals surface area contributed by atoms with E-state index in [1.54, 1.807) is 23.5 Å². The van der Waals surface area contributed by atoms with Crippen molar-refractivity contribution >= 4 is 42.6 Å². The van der Waals surface area contributed by atoms with Crippen molar-refractivity contribution < 1.29 is 34.9 Å². The molecule has 0 fully saturated rings. The number of ether oxygens (including phenoxy) is 4. The molecule has 2 aliphatic heterocycles. The fourth-order valence-electron chi connectivity index (χ4n) is 3.29. The molecule has 4 aromatic rings. The van der Waals surface area contributed by atoms with E-state index in [2.05, 4.69) is 36.4 Å². The zero-order valence-electron chi connectivity index (χ0n) is 19.4. The molecule has 0 unspecified atom stereocenters. The number of halogens is 2. The Morgan fingerprint density at radius 1 is 0.622 bits per heavy atom. The van der Waals surface area contributed by atoms with Gasteiger partial charge in [0.2, 0.25) is 13.6 Å². The van der Waals surface area contributed by atoms with E-state index in [0.29, 0.717) is 13.6 Å². The Hall–Kier alpha value is -1.98. The van der Waals surface area contributed by atoms with Crippen LogP contribution in [0.3, 0.4) is 0 Å². The molecule has 37 heavy (non-hydrogen) atoms.